The monoisotopic (exact) mass is 523 g/mol. The lowest BCUT2D eigenvalue weighted by molar-refractivity contribution is -0.754. The van der Waals surface area contributed by atoms with E-state index >= 15 is 0 Å². The van der Waals surface area contributed by atoms with Gasteiger partial charge in [-0.25, -0.2) is 0 Å². The van der Waals surface area contributed by atoms with Gasteiger partial charge in [0.15, 0.2) is 6.20 Å². The summed E-state index contributed by atoms with van der Waals surface area (Å²) in [7, 11) is 0. The molecule has 38 heavy (non-hydrogen) atoms. The average Bonchev–Trinajstić information content (AvgIpc) is 3.53. The van der Waals surface area contributed by atoms with E-state index in [-0.39, 0.29) is 0 Å². The fourth-order valence-corrected chi connectivity index (χ4v) is 6.78. The first-order chi connectivity index (χ1) is 18.6. The number of fused-ring (bicyclic) bond motifs is 6. The highest BCUT2D eigenvalue weighted by Crippen LogP contribution is 2.47. The van der Waals surface area contributed by atoms with E-state index in [0.29, 0.717) is 16.9 Å². The third kappa shape index (κ3) is 4.37. The van der Waals surface area contributed by atoms with Gasteiger partial charge in [0.25, 0.3) is 0 Å². The first-order valence-corrected chi connectivity index (χ1v) is 14.0. The number of nitrogens with zero attached hydrogens (tertiary/aromatic N) is 4. The molecule has 2 aromatic carbocycles. The number of benzene rings is 2. The van der Waals surface area contributed by atoms with Crippen molar-refractivity contribution in [3.8, 4) is 0 Å². The van der Waals surface area contributed by atoms with Crippen LogP contribution in [0.25, 0.3) is 21.8 Å². The lowest BCUT2D eigenvalue weighted by Crippen LogP contribution is -2.35. The number of nitrogens with two attached hydrogens (primary N) is 1. The number of para-hydroxylation sites is 1. The minimum absolute atomic E-state index is 0.477. The Morgan fingerprint density at radius 1 is 1.11 bits per heavy atom. The zero-order valence-corrected chi connectivity index (χ0v) is 22.2. The molecule has 2 aliphatic rings. The van der Waals surface area contributed by atoms with E-state index in [1.165, 1.54) is 35.0 Å². The van der Waals surface area contributed by atoms with Crippen molar-refractivity contribution in [3.05, 3.63) is 94.5 Å². The molecule has 0 aliphatic heterocycles. The van der Waals surface area contributed by atoms with Crippen molar-refractivity contribution in [1.29, 1.82) is 0 Å². The van der Waals surface area contributed by atoms with E-state index in [0.717, 1.165) is 61.1 Å². The van der Waals surface area contributed by atoms with Gasteiger partial charge in [-0.3, -0.25) is 4.98 Å². The zero-order chi connectivity index (χ0) is 25.6. The summed E-state index contributed by atoms with van der Waals surface area (Å²) in [6.07, 6.45) is 13.5. The number of halogens is 1. The van der Waals surface area contributed by atoms with Crippen molar-refractivity contribution in [3.63, 3.8) is 0 Å². The van der Waals surface area contributed by atoms with Crippen molar-refractivity contribution in [2.75, 3.05) is 5.73 Å². The highest BCUT2D eigenvalue weighted by molar-refractivity contribution is 6.31. The Labute approximate surface area is 227 Å². The summed E-state index contributed by atoms with van der Waals surface area (Å²) < 4.78 is 4.37. The molecule has 0 radical (unpaired) electrons. The first kappa shape index (κ1) is 23.5. The molecule has 0 fully saturated rings. The number of rotatable bonds is 7. The number of aromatic amines is 1. The van der Waals surface area contributed by atoms with Crippen LogP contribution < -0.4 is 10.4 Å². The quantitative estimate of drug-likeness (QED) is 0.149. The van der Waals surface area contributed by atoms with Crippen molar-refractivity contribution in [2.45, 2.75) is 57.5 Å². The predicted molar refractivity (Wildman–Crippen MR) is 152 cm³/mol. The lowest BCUT2D eigenvalue weighted by Gasteiger charge is -2.36. The van der Waals surface area contributed by atoms with Crippen LogP contribution >= 0.6 is 11.6 Å². The maximum atomic E-state index is 6.71. The van der Waals surface area contributed by atoms with Crippen LogP contribution in [0.4, 0.5) is 5.69 Å². The van der Waals surface area contributed by atoms with Crippen molar-refractivity contribution in [2.24, 2.45) is 5.92 Å². The largest absolute Gasteiger partial charge is 0.398 e. The molecule has 7 heteroatoms. The summed E-state index contributed by atoms with van der Waals surface area (Å²) in [4.78, 5) is 4.99. The number of H-pyrrole nitrogens is 1. The molecule has 2 bridgehead atoms. The van der Waals surface area contributed by atoms with E-state index in [1.807, 2.05) is 18.2 Å². The van der Waals surface area contributed by atoms with Crippen LogP contribution in [-0.2, 0) is 19.5 Å². The Bertz CT molecular complexity index is 1680. The SMILES string of the molecule is Nc1c2c(nc3cc(Cl)ccc13)CC1C=C(CCCC[n+]3cc(Cn4ccc5ccccc54)n[nH]3)CC2C1. The summed E-state index contributed by atoms with van der Waals surface area (Å²) in [5, 5.41) is 10.7. The van der Waals surface area contributed by atoms with Crippen molar-refractivity contribution in [1.82, 2.24) is 19.9 Å². The second kappa shape index (κ2) is 9.59. The fraction of sp³-hybridized carbons (Fsp3) is 0.323. The summed E-state index contributed by atoms with van der Waals surface area (Å²) in [5.41, 5.74) is 14.9. The number of anilines is 1. The molecule has 3 N–H and O–H groups in total. The number of aromatic nitrogens is 5. The minimum atomic E-state index is 0.477. The van der Waals surface area contributed by atoms with Gasteiger partial charge in [-0.15, -0.1) is 0 Å². The molecule has 6 nitrogen and oxygen atoms in total. The maximum Gasteiger partial charge on any atom is 0.237 e. The second-order valence-corrected chi connectivity index (χ2v) is 11.4. The second-order valence-electron chi connectivity index (χ2n) is 11.0. The number of pyridine rings is 1. The van der Waals surface area contributed by atoms with Gasteiger partial charge in [0.05, 0.1) is 12.1 Å². The third-order valence-electron chi connectivity index (χ3n) is 8.32. The van der Waals surface area contributed by atoms with Crippen LogP contribution in [-0.4, -0.2) is 19.9 Å². The molecule has 2 aliphatic carbocycles. The molecule has 3 heterocycles. The van der Waals surface area contributed by atoms with E-state index in [1.54, 1.807) is 5.57 Å². The standard InChI is InChI=1S/C31H31ClN6/c32-24-8-9-26-27(17-24)34-28-16-21-13-20(14-23(15-21)30(28)31(26)33)5-3-4-11-38-19-25(35-36-38)18-37-12-10-22-6-1-2-7-29(22)37/h1-2,6-10,12-13,17,19,21,23H,3-5,11,14-16,18H2,(H2,33,34)/p+1. The molecule has 2 atom stereocenters. The molecule has 7 rings (SSSR count). The Kier molecular flexibility index (Phi) is 5.92. The molecular formula is C31H32ClN6+. The minimum Gasteiger partial charge on any atom is -0.398 e. The lowest BCUT2D eigenvalue weighted by atomic mass is 9.70. The van der Waals surface area contributed by atoms with E-state index in [2.05, 4.69) is 68.4 Å². The zero-order valence-electron chi connectivity index (χ0n) is 21.4. The molecule has 0 saturated carbocycles. The van der Waals surface area contributed by atoms with Gasteiger partial charge in [0, 0.05) is 44.2 Å². The number of hydrogen-bond donors (Lipinski definition) is 2. The Hall–Kier alpha value is -3.64. The summed E-state index contributed by atoms with van der Waals surface area (Å²) in [6, 6.07) is 16.5. The highest BCUT2D eigenvalue weighted by atomic mass is 35.5. The number of hydrogen-bond acceptors (Lipinski definition) is 3. The smallest absolute Gasteiger partial charge is 0.237 e. The van der Waals surface area contributed by atoms with Gasteiger partial charge in [0.2, 0.25) is 5.69 Å². The van der Waals surface area contributed by atoms with Crippen LogP contribution in [0.2, 0.25) is 5.02 Å². The maximum absolute atomic E-state index is 6.71. The average molecular weight is 524 g/mol. The summed E-state index contributed by atoms with van der Waals surface area (Å²) in [6.45, 7) is 1.72. The molecule has 192 valence electrons. The molecule has 5 aromatic rings. The van der Waals surface area contributed by atoms with Crippen LogP contribution in [0.1, 0.15) is 55.0 Å². The molecule has 3 aromatic heterocycles. The topological polar surface area (TPSA) is 76.4 Å². The van der Waals surface area contributed by atoms with Gasteiger partial charge in [-0.2, -0.15) is 4.68 Å². The van der Waals surface area contributed by atoms with Crippen molar-refractivity contribution < 1.29 is 4.68 Å². The summed E-state index contributed by atoms with van der Waals surface area (Å²) in [5.74, 6) is 1.04. The van der Waals surface area contributed by atoms with Crippen LogP contribution in [0, 0.1) is 5.92 Å². The predicted octanol–water partition coefficient (Wildman–Crippen LogP) is 6.33. The number of allylic oxidation sites excluding steroid dienone is 2. The molecule has 0 spiro atoms. The molecule has 0 saturated heterocycles. The number of nitrogen functional groups attached to an aromatic ring is 1. The molecule has 2 unspecified atom stereocenters. The first-order valence-electron chi connectivity index (χ1n) is 13.7. The van der Waals surface area contributed by atoms with Crippen molar-refractivity contribution >= 4 is 39.1 Å². The van der Waals surface area contributed by atoms with Crippen LogP contribution in [0.5, 0.6) is 0 Å². The van der Waals surface area contributed by atoms with E-state index in [4.69, 9.17) is 22.3 Å². The van der Waals surface area contributed by atoms with Gasteiger partial charge in [-0.1, -0.05) is 46.7 Å². The van der Waals surface area contributed by atoms with Gasteiger partial charge in [-0.05, 0) is 86.1 Å². The normalized spacial score (nSPS) is 18.6. The van der Waals surface area contributed by atoms with E-state index < -0.39 is 0 Å². The highest BCUT2D eigenvalue weighted by Gasteiger charge is 2.33. The Morgan fingerprint density at radius 3 is 2.97 bits per heavy atom. The van der Waals surface area contributed by atoms with Crippen LogP contribution in [0.3, 0.4) is 0 Å². The summed E-state index contributed by atoms with van der Waals surface area (Å²) >= 11 is 6.22. The molecule has 0 amide bonds. The van der Waals surface area contributed by atoms with Crippen LogP contribution in [0.15, 0.2) is 72.6 Å². The number of unbranched alkanes of at least 4 members (excludes halogenated alkanes) is 1. The number of nitrogens with one attached hydrogen (secondary N) is 1. The molecular weight excluding hydrogens is 492 g/mol. The van der Waals surface area contributed by atoms with Gasteiger partial charge in [0.1, 0.15) is 6.54 Å². The Balaban J connectivity index is 0.964. The Morgan fingerprint density at radius 2 is 2.03 bits per heavy atom. The third-order valence-corrected chi connectivity index (χ3v) is 8.56. The van der Waals surface area contributed by atoms with Gasteiger partial charge < -0.3 is 10.3 Å². The van der Waals surface area contributed by atoms with Gasteiger partial charge >= 0.3 is 0 Å². The number of aryl methyl sites for hydroxylation is 1. The fourth-order valence-electron chi connectivity index (χ4n) is 6.62. The van der Waals surface area contributed by atoms with E-state index in [9.17, 15) is 0 Å².